The summed E-state index contributed by atoms with van der Waals surface area (Å²) in [7, 11) is 1.44. The molecule has 5 heteroatoms. The molecule has 2 N–H and O–H groups in total. The van der Waals surface area contributed by atoms with Crippen molar-refractivity contribution in [3.63, 3.8) is 0 Å². The van der Waals surface area contributed by atoms with Crippen LogP contribution in [0.5, 0.6) is 11.5 Å². The Balaban J connectivity index is 2.00. The van der Waals surface area contributed by atoms with Gasteiger partial charge in [0.2, 0.25) is 0 Å². The normalized spacial score (nSPS) is 12.5. The largest absolute Gasteiger partial charge is 0.457 e. The van der Waals surface area contributed by atoms with Crippen molar-refractivity contribution in [1.82, 2.24) is 4.98 Å². The molecule has 1 aromatic heterocycles. The van der Waals surface area contributed by atoms with Crippen LogP contribution in [0.2, 0.25) is 5.02 Å². The lowest BCUT2D eigenvalue weighted by Crippen LogP contribution is -1.98. The number of aromatic amines is 1. The highest BCUT2D eigenvalue weighted by Crippen LogP contribution is 2.32. The second-order valence-electron chi connectivity index (χ2n) is 4.59. The Bertz CT molecular complexity index is 769. The summed E-state index contributed by atoms with van der Waals surface area (Å²) < 4.78 is 10.8. The van der Waals surface area contributed by atoms with Crippen molar-refractivity contribution in [2.45, 2.75) is 6.29 Å². The number of halogens is 1. The van der Waals surface area contributed by atoms with E-state index in [9.17, 15) is 5.11 Å². The number of methoxy groups -OCH3 is 1. The first kappa shape index (κ1) is 13.9. The van der Waals surface area contributed by atoms with Gasteiger partial charge in [-0.2, -0.15) is 0 Å². The molecular formula is C16H14ClNO3. The van der Waals surface area contributed by atoms with Crippen LogP contribution in [0, 0.1) is 0 Å². The minimum atomic E-state index is -0.989. The molecule has 2 aromatic carbocycles. The van der Waals surface area contributed by atoms with Crippen molar-refractivity contribution in [3.05, 3.63) is 59.2 Å². The number of nitrogens with one attached hydrogen (secondary N) is 1. The Morgan fingerprint density at radius 2 is 1.95 bits per heavy atom. The van der Waals surface area contributed by atoms with Crippen LogP contribution >= 0.6 is 11.6 Å². The molecule has 0 fully saturated rings. The minimum absolute atomic E-state index is 0.578. The zero-order valence-corrected chi connectivity index (χ0v) is 12.1. The van der Waals surface area contributed by atoms with E-state index in [0.717, 1.165) is 10.9 Å². The zero-order valence-electron chi connectivity index (χ0n) is 11.3. The molecule has 4 nitrogen and oxygen atoms in total. The average molecular weight is 304 g/mol. The first-order chi connectivity index (χ1) is 10.2. The molecule has 3 rings (SSSR count). The van der Waals surface area contributed by atoms with E-state index < -0.39 is 6.29 Å². The van der Waals surface area contributed by atoms with E-state index in [4.69, 9.17) is 21.1 Å². The van der Waals surface area contributed by atoms with Gasteiger partial charge in [-0.25, -0.2) is 0 Å². The Hall–Kier alpha value is -2.01. The van der Waals surface area contributed by atoms with E-state index in [0.29, 0.717) is 22.2 Å². The van der Waals surface area contributed by atoms with Gasteiger partial charge in [0.05, 0.1) is 5.69 Å². The van der Waals surface area contributed by atoms with Gasteiger partial charge in [-0.15, -0.1) is 0 Å². The number of benzene rings is 2. The number of fused-ring (bicyclic) bond motifs is 1. The van der Waals surface area contributed by atoms with E-state index in [2.05, 4.69) is 4.98 Å². The molecular weight excluding hydrogens is 290 g/mol. The number of ether oxygens (including phenoxy) is 2. The maximum Gasteiger partial charge on any atom is 0.196 e. The quantitative estimate of drug-likeness (QED) is 0.708. The van der Waals surface area contributed by atoms with E-state index in [1.807, 2.05) is 36.4 Å². The lowest BCUT2D eigenvalue weighted by atomic mass is 10.2. The summed E-state index contributed by atoms with van der Waals surface area (Å²) >= 11 is 5.96. The predicted molar refractivity (Wildman–Crippen MR) is 81.8 cm³/mol. The SMILES string of the molecule is COC(O)c1cc2c(Oc3cccc(Cl)c3)cccc2[nH]1. The molecule has 0 aliphatic heterocycles. The standard InChI is InChI=1S/C16H14ClNO3/c1-20-16(19)14-9-12-13(18-14)6-3-7-15(12)21-11-5-2-4-10(17)8-11/h2-9,16,18-19H,1H3. The van der Waals surface area contributed by atoms with Crippen molar-refractivity contribution in [3.8, 4) is 11.5 Å². The maximum atomic E-state index is 9.74. The second kappa shape index (κ2) is 5.77. The van der Waals surface area contributed by atoms with Gasteiger partial charge < -0.3 is 19.6 Å². The third-order valence-corrected chi connectivity index (χ3v) is 3.39. The number of rotatable bonds is 4. The summed E-state index contributed by atoms with van der Waals surface area (Å²) in [5.74, 6) is 1.34. The Morgan fingerprint density at radius 1 is 1.14 bits per heavy atom. The van der Waals surface area contributed by atoms with E-state index in [-0.39, 0.29) is 0 Å². The predicted octanol–water partition coefficient (Wildman–Crippen LogP) is 4.25. The molecule has 1 heterocycles. The smallest absolute Gasteiger partial charge is 0.196 e. The maximum absolute atomic E-state index is 9.74. The number of hydrogen-bond acceptors (Lipinski definition) is 3. The topological polar surface area (TPSA) is 54.5 Å². The molecule has 1 atom stereocenters. The first-order valence-electron chi connectivity index (χ1n) is 6.43. The molecule has 108 valence electrons. The van der Waals surface area contributed by atoms with Gasteiger partial charge in [-0.05, 0) is 36.4 Å². The highest BCUT2D eigenvalue weighted by molar-refractivity contribution is 6.30. The van der Waals surface area contributed by atoms with Gasteiger partial charge in [0.1, 0.15) is 11.5 Å². The van der Waals surface area contributed by atoms with Gasteiger partial charge in [-0.1, -0.05) is 23.7 Å². The van der Waals surface area contributed by atoms with Gasteiger partial charge in [0.25, 0.3) is 0 Å². The summed E-state index contributed by atoms with van der Waals surface area (Å²) in [5.41, 5.74) is 1.44. The minimum Gasteiger partial charge on any atom is -0.457 e. The third kappa shape index (κ3) is 2.88. The molecule has 0 aliphatic rings. The van der Waals surface area contributed by atoms with Crippen LogP contribution in [0.25, 0.3) is 10.9 Å². The van der Waals surface area contributed by atoms with Crippen molar-refractivity contribution in [2.24, 2.45) is 0 Å². The molecule has 0 amide bonds. The van der Waals surface area contributed by atoms with E-state index in [1.165, 1.54) is 7.11 Å². The van der Waals surface area contributed by atoms with Gasteiger partial charge >= 0.3 is 0 Å². The second-order valence-corrected chi connectivity index (χ2v) is 5.03. The lowest BCUT2D eigenvalue weighted by molar-refractivity contribution is -0.0794. The molecule has 0 saturated heterocycles. The third-order valence-electron chi connectivity index (χ3n) is 3.16. The number of hydrogen-bond donors (Lipinski definition) is 2. The van der Waals surface area contributed by atoms with E-state index in [1.54, 1.807) is 12.1 Å². The monoisotopic (exact) mass is 303 g/mol. The van der Waals surface area contributed by atoms with Gasteiger partial charge in [0, 0.05) is 23.0 Å². The highest BCUT2D eigenvalue weighted by atomic mass is 35.5. The molecule has 0 bridgehead atoms. The Kier molecular flexibility index (Phi) is 3.84. The van der Waals surface area contributed by atoms with Crippen LogP contribution < -0.4 is 4.74 Å². The summed E-state index contributed by atoms with van der Waals surface area (Å²) in [6.07, 6.45) is -0.989. The van der Waals surface area contributed by atoms with Crippen molar-refractivity contribution < 1.29 is 14.6 Å². The number of aromatic nitrogens is 1. The molecule has 0 aliphatic carbocycles. The molecule has 0 spiro atoms. The number of H-pyrrole nitrogens is 1. The molecule has 3 aromatic rings. The fourth-order valence-corrected chi connectivity index (χ4v) is 2.34. The Morgan fingerprint density at radius 3 is 2.71 bits per heavy atom. The number of aliphatic hydroxyl groups is 1. The molecule has 21 heavy (non-hydrogen) atoms. The lowest BCUT2D eigenvalue weighted by Gasteiger charge is -2.07. The summed E-state index contributed by atoms with van der Waals surface area (Å²) in [6.45, 7) is 0. The van der Waals surface area contributed by atoms with E-state index >= 15 is 0 Å². The van der Waals surface area contributed by atoms with Gasteiger partial charge in [0.15, 0.2) is 6.29 Å². The number of aliphatic hydroxyl groups excluding tert-OH is 1. The van der Waals surface area contributed by atoms with Crippen LogP contribution in [-0.2, 0) is 4.74 Å². The van der Waals surface area contributed by atoms with Crippen LogP contribution in [0.1, 0.15) is 12.0 Å². The fraction of sp³-hybridized carbons (Fsp3) is 0.125. The zero-order chi connectivity index (χ0) is 14.8. The van der Waals surface area contributed by atoms with Crippen molar-refractivity contribution >= 4 is 22.5 Å². The Labute approximate surface area is 126 Å². The van der Waals surface area contributed by atoms with Crippen LogP contribution in [0.4, 0.5) is 0 Å². The highest BCUT2D eigenvalue weighted by Gasteiger charge is 2.12. The molecule has 0 saturated carbocycles. The molecule has 0 radical (unpaired) electrons. The van der Waals surface area contributed by atoms with Crippen molar-refractivity contribution in [1.29, 1.82) is 0 Å². The first-order valence-corrected chi connectivity index (χ1v) is 6.81. The average Bonchev–Trinajstić information content (AvgIpc) is 2.92. The summed E-state index contributed by atoms with van der Waals surface area (Å²) in [4.78, 5) is 3.10. The van der Waals surface area contributed by atoms with Crippen molar-refractivity contribution in [2.75, 3.05) is 7.11 Å². The molecule has 1 unspecified atom stereocenters. The fourth-order valence-electron chi connectivity index (χ4n) is 2.16. The van der Waals surface area contributed by atoms with Gasteiger partial charge in [-0.3, -0.25) is 0 Å². The van der Waals surface area contributed by atoms with Crippen LogP contribution in [-0.4, -0.2) is 17.2 Å². The summed E-state index contributed by atoms with van der Waals surface area (Å²) in [6, 6.07) is 14.7. The van der Waals surface area contributed by atoms with Crippen LogP contribution in [0.3, 0.4) is 0 Å². The summed E-state index contributed by atoms with van der Waals surface area (Å²) in [5, 5.41) is 11.2. The van der Waals surface area contributed by atoms with Crippen LogP contribution in [0.15, 0.2) is 48.5 Å².